The van der Waals surface area contributed by atoms with Crippen LogP contribution in [0, 0.1) is 5.82 Å². The van der Waals surface area contributed by atoms with Crippen molar-refractivity contribution in [3.63, 3.8) is 0 Å². The van der Waals surface area contributed by atoms with Crippen molar-refractivity contribution >= 4 is 21.6 Å². The number of hydrogen-bond donors (Lipinski definition) is 2. The third-order valence-electron chi connectivity index (χ3n) is 2.88. The van der Waals surface area contributed by atoms with Crippen molar-refractivity contribution in [2.24, 2.45) is 0 Å². The number of rotatable bonds is 5. The minimum absolute atomic E-state index is 0.0121. The first-order valence-corrected chi connectivity index (χ1v) is 7.92. The van der Waals surface area contributed by atoms with Gasteiger partial charge >= 0.3 is 0 Å². The Morgan fingerprint density at radius 3 is 2.43 bits per heavy atom. The zero-order valence-electron chi connectivity index (χ0n) is 10.9. The average molecular weight is 330 g/mol. The number of aliphatic hydroxyl groups excluding tert-OH is 1. The van der Waals surface area contributed by atoms with Crippen molar-refractivity contribution in [1.29, 1.82) is 0 Å². The molecule has 2 aromatic rings. The Labute approximate surface area is 127 Å². The Morgan fingerprint density at radius 1 is 1.14 bits per heavy atom. The summed E-state index contributed by atoms with van der Waals surface area (Å²) >= 11 is 5.82. The van der Waals surface area contributed by atoms with Gasteiger partial charge in [-0.15, -0.1) is 0 Å². The molecule has 0 aliphatic heterocycles. The van der Waals surface area contributed by atoms with Crippen LogP contribution in [-0.4, -0.2) is 13.5 Å². The average Bonchev–Trinajstić information content (AvgIpc) is 2.47. The van der Waals surface area contributed by atoms with Crippen LogP contribution in [0.25, 0.3) is 0 Å². The molecule has 0 heterocycles. The Bertz CT molecular complexity index is 732. The zero-order chi connectivity index (χ0) is 15.5. The van der Waals surface area contributed by atoms with Gasteiger partial charge in [-0.25, -0.2) is 17.5 Å². The fourth-order valence-electron chi connectivity index (χ4n) is 1.70. The Balaban J connectivity index is 2.16. The van der Waals surface area contributed by atoms with E-state index in [0.717, 1.165) is 0 Å². The van der Waals surface area contributed by atoms with Crippen LogP contribution < -0.4 is 4.72 Å². The minimum Gasteiger partial charge on any atom is -0.392 e. The Hall–Kier alpha value is -1.47. The summed E-state index contributed by atoms with van der Waals surface area (Å²) in [5, 5.41) is 9.41. The molecule has 2 aromatic carbocycles. The highest BCUT2D eigenvalue weighted by Gasteiger charge is 2.15. The number of sulfonamides is 1. The van der Waals surface area contributed by atoms with Crippen molar-refractivity contribution < 1.29 is 17.9 Å². The molecule has 7 heteroatoms. The first-order valence-electron chi connectivity index (χ1n) is 6.06. The summed E-state index contributed by atoms with van der Waals surface area (Å²) in [4.78, 5) is 0.0121. The fourth-order valence-corrected chi connectivity index (χ4v) is 2.95. The van der Waals surface area contributed by atoms with E-state index in [-0.39, 0.29) is 23.9 Å². The second kappa shape index (κ2) is 6.53. The predicted octanol–water partition coefficient (Wildman–Crippen LogP) is 2.45. The molecule has 0 amide bonds. The van der Waals surface area contributed by atoms with Gasteiger partial charge in [-0.1, -0.05) is 23.7 Å². The molecule has 2 rings (SSSR count). The second-order valence-electron chi connectivity index (χ2n) is 4.36. The normalized spacial score (nSPS) is 11.6. The van der Waals surface area contributed by atoms with Crippen LogP contribution in [0.1, 0.15) is 11.1 Å². The summed E-state index contributed by atoms with van der Waals surface area (Å²) in [6, 6.07) is 9.60. The largest absolute Gasteiger partial charge is 0.392 e. The van der Waals surface area contributed by atoms with E-state index in [1.807, 2.05) is 0 Å². The van der Waals surface area contributed by atoms with Gasteiger partial charge in [0.15, 0.2) is 0 Å². The number of aliphatic hydroxyl groups is 1. The van der Waals surface area contributed by atoms with E-state index in [4.69, 9.17) is 16.7 Å². The lowest BCUT2D eigenvalue weighted by Gasteiger charge is -2.09. The van der Waals surface area contributed by atoms with Crippen LogP contribution in [0.2, 0.25) is 5.02 Å². The molecule has 0 fully saturated rings. The standard InChI is InChI=1S/C14H13ClFNO3S/c15-14-6-5-13(7-11(14)9-18)21(19,20)17-8-10-1-3-12(16)4-2-10/h1-7,17-18H,8-9H2. The van der Waals surface area contributed by atoms with E-state index in [1.165, 1.54) is 42.5 Å². The van der Waals surface area contributed by atoms with Gasteiger partial charge in [0.2, 0.25) is 10.0 Å². The van der Waals surface area contributed by atoms with Gasteiger partial charge in [0, 0.05) is 11.6 Å². The highest BCUT2D eigenvalue weighted by Crippen LogP contribution is 2.20. The fraction of sp³-hybridized carbons (Fsp3) is 0.143. The second-order valence-corrected chi connectivity index (χ2v) is 6.54. The molecule has 0 aromatic heterocycles. The Morgan fingerprint density at radius 2 is 1.81 bits per heavy atom. The molecule has 0 bridgehead atoms. The van der Waals surface area contributed by atoms with Crippen LogP contribution in [0.4, 0.5) is 4.39 Å². The lowest BCUT2D eigenvalue weighted by Crippen LogP contribution is -2.23. The van der Waals surface area contributed by atoms with E-state index in [0.29, 0.717) is 16.1 Å². The molecular formula is C14H13ClFNO3S. The van der Waals surface area contributed by atoms with Crippen molar-refractivity contribution in [2.75, 3.05) is 0 Å². The highest BCUT2D eigenvalue weighted by molar-refractivity contribution is 7.89. The van der Waals surface area contributed by atoms with Crippen LogP contribution in [0.3, 0.4) is 0 Å². The quantitative estimate of drug-likeness (QED) is 0.885. The summed E-state index contributed by atoms with van der Waals surface area (Å²) in [5.74, 6) is -0.383. The topological polar surface area (TPSA) is 66.4 Å². The third-order valence-corrected chi connectivity index (χ3v) is 4.65. The molecule has 0 aliphatic carbocycles. The molecule has 0 saturated heterocycles. The summed E-state index contributed by atoms with van der Waals surface area (Å²) in [7, 11) is -3.73. The Kier molecular flexibility index (Phi) is 4.95. The first kappa shape index (κ1) is 15.9. The van der Waals surface area contributed by atoms with E-state index < -0.39 is 10.0 Å². The molecule has 0 radical (unpaired) electrons. The monoisotopic (exact) mass is 329 g/mol. The van der Waals surface area contributed by atoms with Gasteiger partial charge in [0.1, 0.15) is 5.82 Å². The highest BCUT2D eigenvalue weighted by atomic mass is 35.5. The first-order chi connectivity index (χ1) is 9.92. The lowest BCUT2D eigenvalue weighted by atomic mass is 10.2. The number of halogens is 2. The molecule has 0 aliphatic rings. The van der Waals surface area contributed by atoms with Crippen LogP contribution >= 0.6 is 11.6 Å². The summed E-state index contributed by atoms with van der Waals surface area (Å²) in [6.07, 6.45) is 0. The minimum atomic E-state index is -3.73. The van der Waals surface area contributed by atoms with Crippen LogP contribution in [0.15, 0.2) is 47.4 Å². The maximum absolute atomic E-state index is 12.8. The molecule has 21 heavy (non-hydrogen) atoms. The number of hydrogen-bond acceptors (Lipinski definition) is 3. The molecule has 0 spiro atoms. The van der Waals surface area contributed by atoms with Crippen molar-refractivity contribution in [2.45, 2.75) is 18.0 Å². The van der Waals surface area contributed by atoms with Crippen molar-refractivity contribution in [1.82, 2.24) is 4.72 Å². The number of benzene rings is 2. The van der Waals surface area contributed by atoms with Gasteiger partial charge in [0.25, 0.3) is 0 Å². The van der Waals surface area contributed by atoms with Gasteiger partial charge in [-0.3, -0.25) is 0 Å². The van der Waals surface area contributed by atoms with Gasteiger partial charge in [-0.05, 0) is 41.5 Å². The molecule has 112 valence electrons. The SMILES string of the molecule is O=S(=O)(NCc1ccc(F)cc1)c1ccc(Cl)c(CO)c1. The van der Waals surface area contributed by atoms with Crippen molar-refractivity contribution in [3.8, 4) is 0 Å². The van der Waals surface area contributed by atoms with E-state index in [2.05, 4.69) is 4.72 Å². The summed E-state index contributed by atoms with van der Waals surface area (Å²) in [5.41, 5.74) is 0.970. The van der Waals surface area contributed by atoms with Gasteiger partial charge < -0.3 is 5.11 Å². The number of nitrogens with one attached hydrogen (secondary N) is 1. The van der Waals surface area contributed by atoms with Crippen LogP contribution in [-0.2, 0) is 23.2 Å². The van der Waals surface area contributed by atoms with E-state index in [1.54, 1.807) is 0 Å². The summed E-state index contributed by atoms with van der Waals surface area (Å²) < 4.78 is 39.5. The summed E-state index contributed by atoms with van der Waals surface area (Å²) in [6.45, 7) is -0.306. The third kappa shape index (κ3) is 4.01. The maximum Gasteiger partial charge on any atom is 0.240 e. The lowest BCUT2D eigenvalue weighted by molar-refractivity contribution is 0.281. The van der Waals surface area contributed by atoms with Crippen LogP contribution in [0.5, 0.6) is 0 Å². The molecule has 0 unspecified atom stereocenters. The molecule has 2 N–H and O–H groups in total. The zero-order valence-corrected chi connectivity index (χ0v) is 12.5. The van der Waals surface area contributed by atoms with Gasteiger partial charge in [0.05, 0.1) is 11.5 Å². The molecule has 0 saturated carbocycles. The molecule has 0 atom stereocenters. The smallest absolute Gasteiger partial charge is 0.240 e. The molecule has 4 nitrogen and oxygen atoms in total. The van der Waals surface area contributed by atoms with Crippen molar-refractivity contribution in [3.05, 3.63) is 64.4 Å². The predicted molar refractivity (Wildman–Crippen MR) is 77.8 cm³/mol. The van der Waals surface area contributed by atoms with E-state index in [9.17, 15) is 12.8 Å². The maximum atomic E-state index is 12.8. The molecular weight excluding hydrogens is 317 g/mol. The van der Waals surface area contributed by atoms with Gasteiger partial charge in [-0.2, -0.15) is 0 Å². The van der Waals surface area contributed by atoms with E-state index >= 15 is 0 Å².